The second kappa shape index (κ2) is 22.2. The minimum Gasteiger partial charge on any atom is -0.494 e. The molecule has 212 valence electrons. The van der Waals surface area contributed by atoms with Crippen molar-refractivity contribution < 1.29 is 28.9 Å². The molecule has 2 rings (SSSR count). The van der Waals surface area contributed by atoms with Gasteiger partial charge in [0.2, 0.25) is 0 Å². The zero-order chi connectivity index (χ0) is 27.8. The van der Waals surface area contributed by atoms with E-state index in [1.165, 1.54) is 44.1 Å². The minimum absolute atomic E-state index is 0.228. The Labute approximate surface area is 229 Å². The summed E-state index contributed by atoms with van der Waals surface area (Å²) in [7, 11) is 0. The molecule has 2 aromatic carbocycles. The molecule has 6 heteroatoms. The minimum atomic E-state index is -0.307. The van der Waals surface area contributed by atoms with Crippen LogP contribution in [0.5, 0.6) is 5.75 Å². The van der Waals surface area contributed by atoms with Crippen molar-refractivity contribution in [2.75, 3.05) is 26.4 Å². The van der Waals surface area contributed by atoms with Gasteiger partial charge in [0.05, 0.1) is 30.9 Å². The normalized spacial score (nSPS) is 10.3. The summed E-state index contributed by atoms with van der Waals surface area (Å²) in [6.45, 7) is 7.58. The Morgan fingerprint density at radius 1 is 0.632 bits per heavy atom. The standard InChI is InChI=1S/C17H26O2.C15H22O4/c1-3-5-6-7-8-9-10-15-11-13-16(14-12-15)17(18)19-4-2;1-2-18-15(17)13-7-9-14(10-8-13)19-12-6-4-3-5-11-16/h11-14H,3-10H2,1-2H3;7-10,16H,2-6,11-12H2,1H3. The molecule has 0 aliphatic rings. The topological polar surface area (TPSA) is 82.1 Å². The third-order valence-corrected chi connectivity index (χ3v) is 5.97. The number of carbonyl (C=O) groups excluding carboxylic acids is 2. The lowest BCUT2D eigenvalue weighted by Gasteiger charge is -2.07. The van der Waals surface area contributed by atoms with Crippen LogP contribution >= 0.6 is 0 Å². The van der Waals surface area contributed by atoms with E-state index in [-0.39, 0.29) is 18.5 Å². The lowest BCUT2D eigenvalue weighted by atomic mass is 10.0. The summed E-state index contributed by atoms with van der Waals surface area (Å²) in [6, 6.07) is 14.8. The molecule has 0 aliphatic heterocycles. The first-order chi connectivity index (χ1) is 18.5. The molecule has 0 bridgehead atoms. The number of aryl methyl sites for hydroxylation is 1. The summed E-state index contributed by atoms with van der Waals surface area (Å²) in [4.78, 5) is 22.9. The fourth-order valence-electron chi connectivity index (χ4n) is 3.79. The van der Waals surface area contributed by atoms with Crippen molar-refractivity contribution in [1.82, 2.24) is 0 Å². The van der Waals surface area contributed by atoms with E-state index in [9.17, 15) is 9.59 Å². The quantitative estimate of drug-likeness (QED) is 0.159. The lowest BCUT2D eigenvalue weighted by molar-refractivity contribution is 0.0516. The first-order valence-electron chi connectivity index (χ1n) is 14.3. The highest BCUT2D eigenvalue weighted by Crippen LogP contribution is 2.14. The molecule has 0 fully saturated rings. The van der Waals surface area contributed by atoms with Crippen molar-refractivity contribution in [3.05, 3.63) is 65.2 Å². The molecule has 0 spiro atoms. The summed E-state index contributed by atoms with van der Waals surface area (Å²) >= 11 is 0. The SMILES string of the molecule is CCCCCCCCc1ccc(C(=O)OCC)cc1.CCOC(=O)c1ccc(OCCCCCCO)cc1. The predicted molar refractivity (Wildman–Crippen MR) is 153 cm³/mol. The van der Waals surface area contributed by atoms with E-state index in [0.29, 0.717) is 30.9 Å². The van der Waals surface area contributed by atoms with Gasteiger partial charge in [-0.2, -0.15) is 0 Å². The molecular weight excluding hydrogens is 480 g/mol. The van der Waals surface area contributed by atoms with Gasteiger partial charge in [-0.05, 0) is 87.9 Å². The van der Waals surface area contributed by atoms with Crippen LogP contribution in [0.2, 0.25) is 0 Å². The number of unbranched alkanes of at least 4 members (excludes halogenated alkanes) is 8. The first-order valence-corrected chi connectivity index (χ1v) is 14.3. The second-order valence-corrected chi connectivity index (χ2v) is 9.17. The van der Waals surface area contributed by atoms with Gasteiger partial charge in [0.1, 0.15) is 5.75 Å². The fraction of sp³-hybridized carbons (Fsp3) is 0.562. The van der Waals surface area contributed by atoms with Gasteiger partial charge in [0.15, 0.2) is 0 Å². The van der Waals surface area contributed by atoms with Crippen LogP contribution in [0.25, 0.3) is 0 Å². The van der Waals surface area contributed by atoms with Crippen LogP contribution in [0.1, 0.15) is 111 Å². The van der Waals surface area contributed by atoms with Gasteiger partial charge in [0.25, 0.3) is 0 Å². The fourth-order valence-corrected chi connectivity index (χ4v) is 3.79. The van der Waals surface area contributed by atoms with Crippen LogP contribution in [0.15, 0.2) is 48.5 Å². The van der Waals surface area contributed by atoms with Gasteiger partial charge < -0.3 is 19.3 Å². The Morgan fingerprint density at radius 3 is 1.68 bits per heavy atom. The van der Waals surface area contributed by atoms with E-state index in [1.54, 1.807) is 31.2 Å². The average Bonchev–Trinajstić information content (AvgIpc) is 2.94. The largest absolute Gasteiger partial charge is 0.494 e. The number of rotatable bonds is 18. The van der Waals surface area contributed by atoms with Crippen LogP contribution < -0.4 is 4.74 Å². The summed E-state index contributed by atoms with van der Waals surface area (Å²) in [5.74, 6) is 0.224. The highest BCUT2D eigenvalue weighted by Gasteiger charge is 2.06. The summed E-state index contributed by atoms with van der Waals surface area (Å²) < 4.78 is 15.4. The van der Waals surface area contributed by atoms with Crippen molar-refractivity contribution in [2.45, 2.75) is 91.4 Å². The van der Waals surface area contributed by atoms with E-state index in [1.807, 2.05) is 31.2 Å². The van der Waals surface area contributed by atoms with Crippen LogP contribution in [-0.4, -0.2) is 43.5 Å². The Balaban J connectivity index is 0.000000380. The maximum Gasteiger partial charge on any atom is 0.338 e. The van der Waals surface area contributed by atoms with Crippen LogP contribution in [0, 0.1) is 0 Å². The molecule has 0 saturated carbocycles. The molecule has 0 aromatic heterocycles. The molecule has 0 amide bonds. The Hall–Kier alpha value is -2.86. The van der Waals surface area contributed by atoms with Gasteiger partial charge in [-0.3, -0.25) is 0 Å². The zero-order valence-electron chi connectivity index (χ0n) is 23.7. The van der Waals surface area contributed by atoms with Gasteiger partial charge in [-0.25, -0.2) is 9.59 Å². The van der Waals surface area contributed by atoms with E-state index >= 15 is 0 Å². The molecule has 0 heterocycles. The number of hydrogen-bond donors (Lipinski definition) is 1. The number of carbonyl (C=O) groups is 2. The first kappa shape index (κ1) is 33.2. The molecule has 0 radical (unpaired) electrons. The second-order valence-electron chi connectivity index (χ2n) is 9.17. The smallest absolute Gasteiger partial charge is 0.338 e. The highest BCUT2D eigenvalue weighted by atomic mass is 16.5. The Bertz CT molecular complexity index is 787. The maximum absolute atomic E-state index is 11.5. The van der Waals surface area contributed by atoms with Gasteiger partial charge in [0, 0.05) is 6.61 Å². The lowest BCUT2D eigenvalue weighted by Crippen LogP contribution is -2.04. The third-order valence-electron chi connectivity index (χ3n) is 5.97. The number of aliphatic hydroxyl groups excluding tert-OH is 1. The van der Waals surface area contributed by atoms with Crippen LogP contribution in [-0.2, 0) is 15.9 Å². The number of hydrogen-bond acceptors (Lipinski definition) is 6. The molecule has 2 aromatic rings. The van der Waals surface area contributed by atoms with E-state index in [0.717, 1.165) is 37.9 Å². The molecule has 0 unspecified atom stereocenters. The molecule has 0 aliphatic carbocycles. The van der Waals surface area contributed by atoms with E-state index in [2.05, 4.69) is 6.92 Å². The summed E-state index contributed by atoms with van der Waals surface area (Å²) in [6.07, 6.45) is 12.9. The number of benzene rings is 2. The summed E-state index contributed by atoms with van der Waals surface area (Å²) in [5, 5.41) is 8.64. The van der Waals surface area contributed by atoms with Crippen molar-refractivity contribution >= 4 is 11.9 Å². The van der Waals surface area contributed by atoms with Crippen LogP contribution in [0.3, 0.4) is 0 Å². The van der Waals surface area contributed by atoms with Crippen molar-refractivity contribution in [3.8, 4) is 5.75 Å². The van der Waals surface area contributed by atoms with Crippen LogP contribution in [0.4, 0.5) is 0 Å². The molecule has 0 atom stereocenters. The average molecular weight is 529 g/mol. The van der Waals surface area contributed by atoms with Crippen molar-refractivity contribution in [3.63, 3.8) is 0 Å². The molecule has 38 heavy (non-hydrogen) atoms. The molecule has 0 saturated heterocycles. The van der Waals surface area contributed by atoms with Gasteiger partial charge in [-0.1, -0.05) is 57.6 Å². The number of ether oxygens (including phenoxy) is 3. The maximum atomic E-state index is 11.5. The van der Waals surface area contributed by atoms with Crippen molar-refractivity contribution in [2.24, 2.45) is 0 Å². The molecular formula is C32H48O6. The Morgan fingerprint density at radius 2 is 1.13 bits per heavy atom. The van der Waals surface area contributed by atoms with E-state index < -0.39 is 0 Å². The van der Waals surface area contributed by atoms with Crippen molar-refractivity contribution in [1.29, 1.82) is 0 Å². The number of esters is 2. The zero-order valence-corrected chi connectivity index (χ0v) is 23.7. The van der Waals surface area contributed by atoms with E-state index in [4.69, 9.17) is 19.3 Å². The predicted octanol–water partition coefficient (Wildman–Crippen LogP) is 7.56. The third kappa shape index (κ3) is 15.4. The molecule has 1 N–H and O–H groups in total. The molecule has 6 nitrogen and oxygen atoms in total. The highest BCUT2D eigenvalue weighted by molar-refractivity contribution is 5.89. The Kier molecular flexibility index (Phi) is 19.3. The van der Waals surface area contributed by atoms with Gasteiger partial charge in [-0.15, -0.1) is 0 Å². The summed E-state index contributed by atoms with van der Waals surface area (Å²) in [5.41, 5.74) is 2.49. The van der Waals surface area contributed by atoms with Gasteiger partial charge >= 0.3 is 11.9 Å². The monoisotopic (exact) mass is 528 g/mol. The number of aliphatic hydroxyl groups is 1.